The number of rotatable bonds is 3. The molecule has 2 aliphatic heterocycles. The Hall–Kier alpha value is -3.57. The van der Waals surface area contributed by atoms with Crippen molar-refractivity contribution in [3.05, 3.63) is 93.7 Å². The maximum Gasteiger partial charge on any atom is 0.312 e. The van der Waals surface area contributed by atoms with E-state index in [0.717, 1.165) is 11.1 Å². The fourth-order valence-electron chi connectivity index (χ4n) is 4.06. The third-order valence-corrected chi connectivity index (χ3v) is 5.83. The van der Waals surface area contributed by atoms with Gasteiger partial charge in [-0.15, -0.1) is 0 Å². The van der Waals surface area contributed by atoms with Gasteiger partial charge in [0.2, 0.25) is 5.78 Å². The summed E-state index contributed by atoms with van der Waals surface area (Å²) in [6, 6.07) is 18.0. The van der Waals surface area contributed by atoms with Gasteiger partial charge in [0.1, 0.15) is 17.2 Å². The van der Waals surface area contributed by atoms with Crippen molar-refractivity contribution in [1.29, 1.82) is 0 Å². The van der Waals surface area contributed by atoms with Crippen molar-refractivity contribution in [2.75, 3.05) is 7.11 Å². The van der Waals surface area contributed by atoms with Gasteiger partial charge in [0.15, 0.2) is 5.76 Å². The summed E-state index contributed by atoms with van der Waals surface area (Å²) in [4.78, 5) is 25.4. The van der Waals surface area contributed by atoms with Gasteiger partial charge in [-0.05, 0) is 35.9 Å². The molecule has 0 unspecified atom stereocenters. The molecule has 2 aliphatic rings. The molecule has 0 spiro atoms. The molecule has 0 N–H and O–H groups in total. The molecule has 0 amide bonds. The third-order valence-electron chi connectivity index (χ3n) is 5.49. The molecule has 2 heterocycles. The van der Waals surface area contributed by atoms with Crippen LogP contribution in [0.4, 0.5) is 0 Å². The smallest absolute Gasteiger partial charge is 0.312 e. The Kier molecular flexibility index (Phi) is 4.75. The van der Waals surface area contributed by atoms with E-state index < -0.39 is 0 Å². The first-order chi connectivity index (χ1) is 15.1. The number of para-hydroxylation sites is 1. The zero-order valence-electron chi connectivity index (χ0n) is 16.6. The van der Waals surface area contributed by atoms with Gasteiger partial charge in [0.05, 0.1) is 19.1 Å². The van der Waals surface area contributed by atoms with Crippen molar-refractivity contribution in [1.82, 2.24) is 0 Å². The molecule has 0 radical (unpaired) electrons. The van der Waals surface area contributed by atoms with Crippen molar-refractivity contribution in [2.45, 2.75) is 12.3 Å². The average molecular weight is 433 g/mol. The Balaban J connectivity index is 1.64. The minimum atomic E-state index is -0.377. The molecule has 3 aromatic carbocycles. The van der Waals surface area contributed by atoms with E-state index in [2.05, 4.69) is 0 Å². The van der Waals surface area contributed by atoms with Crippen molar-refractivity contribution in [3.63, 3.8) is 0 Å². The summed E-state index contributed by atoms with van der Waals surface area (Å²) in [6.07, 6.45) is 1.77. The summed E-state index contributed by atoms with van der Waals surface area (Å²) in [5.74, 6) is 0.630. The number of halogens is 1. The maximum atomic E-state index is 13.1. The van der Waals surface area contributed by atoms with E-state index >= 15 is 0 Å². The topological polar surface area (TPSA) is 61.8 Å². The lowest BCUT2D eigenvalue weighted by Crippen LogP contribution is -2.21. The Morgan fingerprint density at radius 2 is 1.77 bits per heavy atom. The van der Waals surface area contributed by atoms with Gasteiger partial charge >= 0.3 is 5.97 Å². The van der Waals surface area contributed by atoms with Gasteiger partial charge in [-0.3, -0.25) is 9.59 Å². The van der Waals surface area contributed by atoms with Crippen LogP contribution in [0.1, 0.15) is 39.4 Å². The van der Waals surface area contributed by atoms with Crippen LogP contribution in [0.25, 0.3) is 6.08 Å². The molecule has 6 heteroatoms. The monoisotopic (exact) mass is 432 g/mol. The van der Waals surface area contributed by atoms with E-state index in [0.29, 0.717) is 33.4 Å². The van der Waals surface area contributed by atoms with Crippen LogP contribution in [0.3, 0.4) is 0 Å². The molecule has 0 aliphatic carbocycles. The number of ether oxygens (including phenoxy) is 3. The van der Waals surface area contributed by atoms with Crippen LogP contribution in [0.15, 0.2) is 66.4 Å². The van der Waals surface area contributed by atoms with E-state index in [4.69, 9.17) is 25.8 Å². The van der Waals surface area contributed by atoms with Crippen LogP contribution in [0, 0.1) is 0 Å². The standard InChI is InChI=1S/C25H17ClO5/c1-29-19-9-5-2-6-14(19)12-21-24(28)16-10-11-20-23(25(16)31-21)17(13-22(27)30-20)15-7-3-4-8-18(15)26/h2-12,17H,13H2,1H3/b21-12-/t17-/m1/s1. The number of hydrogen-bond acceptors (Lipinski definition) is 5. The lowest BCUT2D eigenvalue weighted by Gasteiger charge is -2.26. The number of methoxy groups -OCH3 is 1. The predicted octanol–water partition coefficient (Wildman–Crippen LogP) is 5.41. The second-order valence-corrected chi connectivity index (χ2v) is 7.70. The largest absolute Gasteiger partial charge is 0.496 e. The molecule has 0 bridgehead atoms. The van der Waals surface area contributed by atoms with Crippen molar-refractivity contribution < 1.29 is 23.8 Å². The summed E-state index contributed by atoms with van der Waals surface area (Å²) in [6.45, 7) is 0. The van der Waals surface area contributed by atoms with Gasteiger partial charge in [0.25, 0.3) is 0 Å². The summed E-state index contributed by atoms with van der Waals surface area (Å²) in [5.41, 5.74) is 2.59. The molecular formula is C25H17ClO5. The first-order valence-electron chi connectivity index (χ1n) is 9.76. The minimum Gasteiger partial charge on any atom is -0.496 e. The highest BCUT2D eigenvalue weighted by molar-refractivity contribution is 6.31. The van der Waals surface area contributed by atoms with Gasteiger partial charge in [-0.1, -0.05) is 48.0 Å². The quantitative estimate of drug-likeness (QED) is 0.315. The third kappa shape index (κ3) is 3.27. The zero-order chi connectivity index (χ0) is 21.5. The predicted molar refractivity (Wildman–Crippen MR) is 116 cm³/mol. The van der Waals surface area contributed by atoms with Gasteiger partial charge in [0, 0.05) is 22.1 Å². The van der Waals surface area contributed by atoms with Crippen LogP contribution in [0.2, 0.25) is 5.02 Å². The maximum absolute atomic E-state index is 13.1. The Morgan fingerprint density at radius 1 is 1.00 bits per heavy atom. The Morgan fingerprint density at radius 3 is 2.58 bits per heavy atom. The summed E-state index contributed by atoms with van der Waals surface area (Å²) < 4.78 is 16.9. The van der Waals surface area contributed by atoms with Crippen LogP contribution in [-0.4, -0.2) is 18.9 Å². The molecule has 3 aromatic rings. The number of hydrogen-bond donors (Lipinski definition) is 0. The zero-order valence-corrected chi connectivity index (χ0v) is 17.3. The number of carbonyl (C=O) groups excluding carboxylic acids is 2. The normalized spacial score (nSPS) is 18.3. The summed E-state index contributed by atoms with van der Waals surface area (Å²) in [5, 5.41) is 0.542. The van der Waals surface area contributed by atoms with E-state index in [1.165, 1.54) is 0 Å². The molecule has 154 valence electrons. The van der Waals surface area contributed by atoms with Crippen molar-refractivity contribution in [2.24, 2.45) is 0 Å². The van der Waals surface area contributed by atoms with Gasteiger partial charge < -0.3 is 14.2 Å². The number of benzene rings is 3. The average Bonchev–Trinajstić information content (AvgIpc) is 3.09. The van der Waals surface area contributed by atoms with Gasteiger partial charge in [-0.2, -0.15) is 0 Å². The van der Waals surface area contributed by atoms with E-state index in [1.807, 2.05) is 42.5 Å². The van der Waals surface area contributed by atoms with Crippen molar-refractivity contribution in [3.8, 4) is 17.2 Å². The number of fused-ring (bicyclic) bond motifs is 3. The fraction of sp³-hybridized carbons (Fsp3) is 0.120. The molecule has 1 atom stereocenters. The lowest BCUT2D eigenvalue weighted by molar-refractivity contribution is -0.135. The molecule has 0 saturated heterocycles. The van der Waals surface area contributed by atoms with Crippen molar-refractivity contribution >= 4 is 29.4 Å². The second-order valence-electron chi connectivity index (χ2n) is 7.29. The SMILES string of the molecule is COc1ccccc1/C=C1\Oc2c(ccc3c2[C@@H](c2ccccc2Cl)CC(=O)O3)C1=O. The molecular weight excluding hydrogens is 416 g/mol. The minimum absolute atomic E-state index is 0.107. The van der Waals surface area contributed by atoms with E-state index in [1.54, 1.807) is 31.4 Å². The lowest BCUT2D eigenvalue weighted by atomic mass is 9.84. The Labute approximate surface area is 183 Å². The van der Waals surface area contributed by atoms with Crippen LogP contribution in [0.5, 0.6) is 17.2 Å². The highest BCUT2D eigenvalue weighted by atomic mass is 35.5. The summed E-state index contributed by atoms with van der Waals surface area (Å²) in [7, 11) is 1.57. The second kappa shape index (κ2) is 7.60. The molecule has 0 fully saturated rings. The molecule has 5 nitrogen and oxygen atoms in total. The van der Waals surface area contributed by atoms with Crippen LogP contribution < -0.4 is 14.2 Å². The number of carbonyl (C=O) groups is 2. The number of ketones is 1. The van der Waals surface area contributed by atoms with Crippen LogP contribution in [-0.2, 0) is 4.79 Å². The first kappa shape index (κ1) is 19.4. The highest BCUT2D eigenvalue weighted by Gasteiger charge is 2.39. The summed E-state index contributed by atoms with van der Waals surface area (Å²) >= 11 is 6.44. The first-order valence-corrected chi connectivity index (χ1v) is 10.1. The highest BCUT2D eigenvalue weighted by Crippen LogP contribution is 2.50. The number of allylic oxidation sites excluding steroid dienone is 1. The number of Topliss-reactive ketones (excluding diaryl/α,β-unsaturated/α-hetero) is 1. The van der Waals surface area contributed by atoms with Gasteiger partial charge in [-0.25, -0.2) is 0 Å². The molecule has 0 aromatic heterocycles. The molecule has 5 rings (SSSR count). The Bertz CT molecular complexity index is 1260. The van der Waals surface area contributed by atoms with E-state index in [-0.39, 0.29) is 29.9 Å². The van der Waals surface area contributed by atoms with Crippen LogP contribution >= 0.6 is 11.6 Å². The molecule has 31 heavy (non-hydrogen) atoms. The number of esters is 1. The fourth-order valence-corrected chi connectivity index (χ4v) is 4.32. The molecule has 0 saturated carbocycles. The van der Waals surface area contributed by atoms with E-state index in [9.17, 15) is 9.59 Å².